The summed E-state index contributed by atoms with van der Waals surface area (Å²) in [5, 5.41) is 2.92. The molecule has 0 saturated heterocycles. The Morgan fingerprint density at radius 1 is 0.903 bits per heavy atom. The second-order valence-electron chi connectivity index (χ2n) is 6.92. The summed E-state index contributed by atoms with van der Waals surface area (Å²) in [4.78, 5) is 37.7. The van der Waals surface area contributed by atoms with E-state index in [1.54, 1.807) is 43.3 Å². The molecule has 0 saturated carbocycles. The molecule has 1 amide bonds. The van der Waals surface area contributed by atoms with Gasteiger partial charge in [0.15, 0.2) is 17.6 Å². The van der Waals surface area contributed by atoms with Gasteiger partial charge in [-0.15, -0.1) is 0 Å². The highest BCUT2D eigenvalue weighted by molar-refractivity contribution is 6.03. The third kappa shape index (κ3) is 4.23. The molecular formula is C25H19NO5. The van der Waals surface area contributed by atoms with Crippen LogP contribution in [-0.2, 0) is 9.53 Å². The summed E-state index contributed by atoms with van der Waals surface area (Å²) in [6.45, 7) is 1.22. The fourth-order valence-corrected chi connectivity index (χ4v) is 3.26. The van der Waals surface area contributed by atoms with Crippen LogP contribution >= 0.6 is 0 Å². The Kier molecular flexibility index (Phi) is 5.62. The Morgan fingerprint density at radius 2 is 1.58 bits per heavy atom. The zero-order chi connectivity index (χ0) is 21.8. The van der Waals surface area contributed by atoms with Gasteiger partial charge in [-0.05, 0) is 31.2 Å². The SMILES string of the molecule is Cc1c(-c2ccccc2)oc2c(C(=O)OCC(=O)Nc3ccccc3)cccc2c1=O. The number of benzene rings is 3. The van der Waals surface area contributed by atoms with Crippen LogP contribution in [0.25, 0.3) is 22.3 Å². The first-order chi connectivity index (χ1) is 15.0. The summed E-state index contributed by atoms with van der Waals surface area (Å²) in [6, 6.07) is 22.7. The van der Waals surface area contributed by atoms with Gasteiger partial charge in [0.1, 0.15) is 11.3 Å². The number of nitrogens with one attached hydrogen (secondary N) is 1. The molecule has 31 heavy (non-hydrogen) atoms. The van der Waals surface area contributed by atoms with Gasteiger partial charge >= 0.3 is 5.97 Å². The lowest BCUT2D eigenvalue weighted by Gasteiger charge is -2.10. The van der Waals surface area contributed by atoms with Crippen LogP contribution in [0.15, 0.2) is 88.1 Å². The van der Waals surface area contributed by atoms with E-state index in [2.05, 4.69) is 5.32 Å². The Labute approximate surface area is 178 Å². The van der Waals surface area contributed by atoms with E-state index in [-0.39, 0.29) is 22.0 Å². The third-order valence-electron chi connectivity index (χ3n) is 4.79. The van der Waals surface area contributed by atoms with Crippen LogP contribution in [0, 0.1) is 6.92 Å². The number of ether oxygens (including phenoxy) is 1. The van der Waals surface area contributed by atoms with Crippen LogP contribution in [0.4, 0.5) is 5.69 Å². The maximum atomic E-state index is 12.9. The van der Waals surface area contributed by atoms with E-state index in [9.17, 15) is 14.4 Å². The molecule has 1 heterocycles. The van der Waals surface area contributed by atoms with Gasteiger partial charge in [0.05, 0.1) is 5.39 Å². The molecule has 0 fully saturated rings. The minimum Gasteiger partial charge on any atom is -0.455 e. The predicted molar refractivity (Wildman–Crippen MR) is 118 cm³/mol. The largest absolute Gasteiger partial charge is 0.455 e. The summed E-state index contributed by atoms with van der Waals surface area (Å²) < 4.78 is 11.2. The minimum atomic E-state index is -0.750. The lowest BCUT2D eigenvalue weighted by atomic mass is 10.0. The van der Waals surface area contributed by atoms with E-state index >= 15 is 0 Å². The minimum absolute atomic E-state index is 0.0827. The Morgan fingerprint density at radius 3 is 2.29 bits per heavy atom. The first-order valence-electron chi connectivity index (χ1n) is 9.68. The molecule has 154 valence electrons. The summed E-state index contributed by atoms with van der Waals surface area (Å²) in [5.41, 5.74) is 1.76. The molecule has 6 heteroatoms. The standard InChI is InChI=1S/C25H19NO5/c1-16-22(28)19-13-8-14-20(24(19)31-23(16)17-9-4-2-5-10-17)25(29)30-15-21(27)26-18-11-6-3-7-12-18/h2-14H,15H2,1H3,(H,26,27). The number of anilines is 1. The third-order valence-corrected chi connectivity index (χ3v) is 4.79. The van der Waals surface area contributed by atoms with Gasteiger partial charge in [-0.3, -0.25) is 9.59 Å². The fraction of sp³-hybridized carbons (Fsp3) is 0.0800. The number of esters is 1. The summed E-state index contributed by atoms with van der Waals surface area (Å²) in [5.74, 6) is -0.831. The van der Waals surface area contributed by atoms with E-state index in [4.69, 9.17) is 9.15 Å². The van der Waals surface area contributed by atoms with Crippen LogP contribution in [0.1, 0.15) is 15.9 Å². The maximum absolute atomic E-state index is 12.9. The smallest absolute Gasteiger partial charge is 0.342 e. The van der Waals surface area contributed by atoms with Crippen molar-refractivity contribution in [1.29, 1.82) is 0 Å². The molecule has 3 aromatic carbocycles. The van der Waals surface area contributed by atoms with Gasteiger partial charge in [0.25, 0.3) is 5.91 Å². The number of rotatable bonds is 5. The summed E-state index contributed by atoms with van der Waals surface area (Å²) in [7, 11) is 0. The van der Waals surface area contributed by atoms with Crippen LogP contribution in [-0.4, -0.2) is 18.5 Å². The molecule has 0 aliphatic carbocycles. The van der Waals surface area contributed by atoms with Gasteiger partial charge in [-0.25, -0.2) is 4.79 Å². The first-order valence-corrected chi connectivity index (χ1v) is 9.68. The summed E-state index contributed by atoms with van der Waals surface area (Å²) >= 11 is 0. The second-order valence-corrected chi connectivity index (χ2v) is 6.92. The lowest BCUT2D eigenvalue weighted by Crippen LogP contribution is -2.21. The van der Waals surface area contributed by atoms with E-state index < -0.39 is 18.5 Å². The average molecular weight is 413 g/mol. The highest BCUT2D eigenvalue weighted by atomic mass is 16.5. The molecule has 0 bridgehead atoms. The number of carbonyl (C=O) groups excluding carboxylic acids is 2. The van der Waals surface area contributed by atoms with Crippen molar-refractivity contribution < 1.29 is 18.7 Å². The highest BCUT2D eigenvalue weighted by Gasteiger charge is 2.20. The van der Waals surface area contributed by atoms with Gasteiger partial charge < -0.3 is 14.5 Å². The van der Waals surface area contributed by atoms with Crippen LogP contribution in [0.3, 0.4) is 0 Å². The van der Waals surface area contributed by atoms with Crippen molar-refractivity contribution in [2.24, 2.45) is 0 Å². The molecule has 0 aliphatic rings. The highest BCUT2D eigenvalue weighted by Crippen LogP contribution is 2.27. The van der Waals surface area contributed by atoms with Crippen molar-refractivity contribution >= 4 is 28.5 Å². The molecule has 4 rings (SSSR count). The number of para-hydroxylation sites is 2. The Hall–Kier alpha value is -4.19. The van der Waals surface area contributed by atoms with Crippen molar-refractivity contribution in [3.05, 3.63) is 100 Å². The molecule has 1 aromatic heterocycles. The number of fused-ring (bicyclic) bond motifs is 1. The Balaban J connectivity index is 1.63. The maximum Gasteiger partial charge on any atom is 0.342 e. The van der Waals surface area contributed by atoms with Crippen molar-refractivity contribution in [1.82, 2.24) is 0 Å². The molecule has 0 unspecified atom stereocenters. The van der Waals surface area contributed by atoms with Crippen molar-refractivity contribution in [3.63, 3.8) is 0 Å². The van der Waals surface area contributed by atoms with E-state index in [0.29, 0.717) is 17.0 Å². The van der Waals surface area contributed by atoms with Gasteiger partial charge in [0.2, 0.25) is 0 Å². The van der Waals surface area contributed by atoms with Crippen LogP contribution in [0.2, 0.25) is 0 Å². The van der Waals surface area contributed by atoms with E-state index in [1.807, 2.05) is 36.4 Å². The number of amides is 1. The molecule has 0 atom stereocenters. The first kappa shape index (κ1) is 20.1. The van der Waals surface area contributed by atoms with Crippen molar-refractivity contribution in [2.75, 3.05) is 11.9 Å². The molecule has 0 spiro atoms. The average Bonchev–Trinajstić information content (AvgIpc) is 2.80. The molecule has 4 aromatic rings. The van der Waals surface area contributed by atoms with Gasteiger partial charge in [-0.1, -0.05) is 54.6 Å². The quantitative estimate of drug-likeness (QED) is 0.485. The summed E-state index contributed by atoms with van der Waals surface area (Å²) in [6.07, 6.45) is 0. The van der Waals surface area contributed by atoms with Gasteiger partial charge in [-0.2, -0.15) is 0 Å². The number of hydrogen-bond donors (Lipinski definition) is 1. The number of hydrogen-bond acceptors (Lipinski definition) is 5. The molecule has 1 N–H and O–H groups in total. The zero-order valence-corrected chi connectivity index (χ0v) is 16.8. The zero-order valence-electron chi connectivity index (χ0n) is 16.8. The predicted octanol–water partition coefficient (Wildman–Crippen LogP) is 4.56. The lowest BCUT2D eigenvalue weighted by molar-refractivity contribution is -0.119. The molecule has 0 radical (unpaired) electrons. The molecule has 0 aliphatic heterocycles. The van der Waals surface area contributed by atoms with E-state index in [0.717, 1.165) is 5.56 Å². The van der Waals surface area contributed by atoms with Gasteiger partial charge in [0, 0.05) is 16.8 Å². The Bertz CT molecular complexity index is 1310. The van der Waals surface area contributed by atoms with Crippen molar-refractivity contribution in [3.8, 4) is 11.3 Å². The topological polar surface area (TPSA) is 85.6 Å². The van der Waals surface area contributed by atoms with E-state index in [1.165, 1.54) is 6.07 Å². The monoisotopic (exact) mass is 413 g/mol. The molecular weight excluding hydrogens is 394 g/mol. The van der Waals surface area contributed by atoms with Crippen LogP contribution in [0.5, 0.6) is 0 Å². The van der Waals surface area contributed by atoms with Crippen molar-refractivity contribution in [2.45, 2.75) is 6.92 Å². The normalized spacial score (nSPS) is 10.6. The number of carbonyl (C=O) groups is 2. The van der Waals surface area contributed by atoms with Crippen LogP contribution < -0.4 is 10.7 Å². The second kappa shape index (κ2) is 8.67. The molecule has 6 nitrogen and oxygen atoms in total. The fourth-order valence-electron chi connectivity index (χ4n) is 3.26.